The van der Waals surface area contributed by atoms with Gasteiger partial charge in [-0.3, -0.25) is 4.79 Å². The Kier molecular flexibility index (Phi) is 5.88. The molecule has 1 fully saturated rings. The molecule has 0 aliphatic carbocycles. The lowest BCUT2D eigenvalue weighted by Crippen LogP contribution is -2.42. The van der Waals surface area contributed by atoms with Gasteiger partial charge >= 0.3 is 0 Å². The smallest absolute Gasteiger partial charge is 0.233 e. The first-order valence-corrected chi connectivity index (χ1v) is 12.8. The maximum atomic E-state index is 13.0. The minimum absolute atomic E-state index is 0.0805. The van der Waals surface area contributed by atoms with Crippen molar-refractivity contribution in [3.8, 4) is 28.4 Å². The van der Waals surface area contributed by atoms with Crippen LogP contribution in [-0.4, -0.2) is 45.6 Å². The van der Waals surface area contributed by atoms with Gasteiger partial charge in [-0.25, -0.2) is 4.68 Å². The second kappa shape index (κ2) is 9.32. The summed E-state index contributed by atoms with van der Waals surface area (Å²) in [4.78, 5) is 14.9. The molecule has 6 nitrogen and oxygen atoms in total. The molecule has 2 aliphatic rings. The molecule has 0 bridgehead atoms. The molecule has 1 amide bonds. The zero-order chi connectivity index (χ0) is 23.8. The quantitative estimate of drug-likeness (QED) is 0.354. The molecule has 2 aliphatic heterocycles. The number of rotatable bonds is 5. The van der Waals surface area contributed by atoms with Gasteiger partial charge < -0.3 is 14.4 Å². The number of amides is 1. The molecule has 0 radical (unpaired) electrons. The van der Waals surface area contributed by atoms with Gasteiger partial charge in [0.15, 0.2) is 17.6 Å². The Hall–Kier alpha value is -3.42. The molecular weight excluding hydrogens is 482 g/mol. The maximum Gasteiger partial charge on any atom is 0.233 e. The van der Waals surface area contributed by atoms with Crippen LogP contribution in [0.2, 0.25) is 5.02 Å². The average Bonchev–Trinajstić information content (AvgIpc) is 3.49. The molecule has 1 saturated heterocycles. The van der Waals surface area contributed by atoms with Crippen LogP contribution in [0.15, 0.2) is 85.1 Å². The number of ether oxygens (including phenoxy) is 2. The van der Waals surface area contributed by atoms with Crippen LogP contribution >= 0.6 is 23.4 Å². The molecule has 6 rings (SSSR count). The van der Waals surface area contributed by atoms with E-state index in [-0.39, 0.29) is 17.4 Å². The topological polar surface area (TPSA) is 56.6 Å². The first-order chi connectivity index (χ1) is 17.2. The van der Waals surface area contributed by atoms with E-state index in [9.17, 15) is 4.79 Å². The standard InChI is InChI=1S/C27H22ClN3O3S/c28-19-12-10-18(11-13-19)26-22(15-31(29-26)20-6-2-1-3-7-20)27-30(25(32)17-35-27)14-21-16-33-23-8-4-5-9-24(23)34-21/h1-13,15,21,27H,14,16-17H2/t21-,27-/m1/s1. The van der Waals surface area contributed by atoms with Crippen molar-refractivity contribution in [2.75, 3.05) is 18.9 Å². The van der Waals surface area contributed by atoms with Crippen molar-refractivity contribution in [3.63, 3.8) is 0 Å². The molecule has 0 N–H and O–H groups in total. The SMILES string of the molecule is O=C1CS[C@H](c2cn(-c3ccccc3)nc2-c2ccc(Cl)cc2)N1C[C@@H]1COc2ccccc2O1. The number of halogens is 1. The molecule has 0 spiro atoms. The van der Waals surface area contributed by atoms with E-state index in [1.807, 2.05) is 94.6 Å². The minimum atomic E-state index is -0.252. The average molecular weight is 504 g/mol. The van der Waals surface area contributed by atoms with Crippen molar-refractivity contribution in [1.29, 1.82) is 0 Å². The molecule has 3 aromatic carbocycles. The lowest BCUT2D eigenvalue weighted by atomic mass is 10.1. The summed E-state index contributed by atoms with van der Waals surface area (Å²) in [6, 6.07) is 25.2. The van der Waals surface area contributed by atoms with E-state index in [2.05, 4.69) is 0 Å². The summed E-state index contributed by atoms with van der Waals surface area (Å²) >= 11 is 7.75. The Morgan fingerprint density at radius 3 is 2.51 bits per heavy atom. The number of para-hydroxylation sites is 3. The Labute approximate surface area is 212 Å². The van der Waals surface area contributed by atoms with Crippen molar-refractivity contribution >= 4 is 29.3 Å². The molecule has 2 atom stereocenters. The van der Waals surface area contributed by atoms with Crippen LogP contribution in [0.3, 0.4) is 0 Å². The Morgan fingerprint density at radius 2 is 1.71 bits per heavy atom. The molecule has 3 heterocycles. The zero-order valence-corrected chi connectivity index (χ0v) is 20.3. The van der Waals surface area contributed by atoms with Crippen LogP contribution in [0, 0.1) is 0 Å². The van der Waals surface area contributed by atoms with E-state index in [4.69, 9.17) is 26.2 Å². The number of fused-ring (bicyclic) bond motifs is 1. The maximum absolute atomic E-state index is 13.0. The van der Waals surface area contributed by atoms with Crippen LogP contribution in [0.1, 0.15) is 10.9 Å². The fraction of sp³-hybridized carbons (Fsp3) is 0.185. The monoisotopic (exact) mass is 503 g/mol. The zero-order valence-electron chi connectivity index (χ0n) is 18.7. The van der Waals surface area contributed by atoms with Gasteiger partial charge in [-0.1, -0.05) is 54.1 Å². The molecule has 0 saturated carbocycles. The molecular formula is C27H22ClN3O3S. The van der Waals surface area contributed by atoms with Crippen molar-refractivity contribution in [2.45, 2.75) is 11.5 Å². The summed E-state index contributed by atoms with van der Waals surface area (Å²) in [7, 11) is 0. The summed E-state index contributed by atoms with van der Waals surface area (Å²) in [5.74, 6) is 1.93. The number of hydrogen-bond donors (Lipinski definition) is 0. The number of carbonyl (C=O) groups is 1. The van der Waals surface area contributed by atoms with Crippen molar-refractivity contribution < 1.29 is 14.3 Å². The van der Waals surface area contributed by atoms with E-state index in [1.165, 1.54) is 0 Å². The van der Waals surface area contributed by atoms with E-state index < -0.39 is 0 Å². The van der Waals surface area contributed by atoms with Crippen LogP contribution in [0.5, 0.6) is 11.5 Å². The summed E-state index contributed by atoms with van der Waals surface area (Å²) in [5, 5.41) is 5.41. The summed E-state index contributed by atoms with van der Waals surface area (Å²) in [6.45, 7) is 0.826. The highest BCUT2D eigenvalue weighted by Crippen LogP contribution is 2.43. The Balaban J connectivity index is 1.34. The van der Waals surface area contributed by atoms with Crippen molar-refractivity contribution in [2.24, 2.45) is 0 Å². The predicted octanol–water partition coefficient (Wildman–Crippen LogP) is 5.61. The summed E-state index contributed by atoms with van der Waals surface area (Å²) < 4.78 is 13.9. The Bertz CT molecular complexity index is 1360. The normalized spacial score (nSPS) is 19.2. The van der Waals surface area contributed by atoms with Gasteiger partial charge in [0.2, 0.25) is 5.91 Å². The Morgan fingerprint density at radius 1 is 0.971 bits per heavy atom. The molecule has 35 heavy (non-hydrogen) atoms. The molecule has 0 unspecified atom stereocenters. The molecule has 4 aromatic rings. The van der Waals surface area contributed by atoms with E-state index in [0.29, 0.717) is 29.7 Å². The van der Waals surface area contributed by atoms with Gasteiger partial charge in [-0.2, -0.15) is 5.10 Å². The summed E-state index contributed by atoms with van der Waals surface area (Å²) in [5.41, 5.74) is 3.71. The lowest BCUT2D eigenvalue weighted by molar-refractivity contribution is -0.129. The molecule has 1 aromatic heterocycles. The van der Waals surface area contributed by atoms with Gasteiger partial charge in [-0.05, 0) is 36.4 Å². The number of benzene rings is 3. The number of aromatic nitrogens is 2. The van der Waals surface area contributed by atoms with Gasteiger partial charge in [0.1, 0.15) is 12.0 Å². The highest BCUT2D eigenvalue weighted by molar-refractivity contribution is 8.00. The molecule has 176 valence electrons. The van der Waals surface area contributed by atoms with E-state index in [0.717, 1.165) is 28.3 Å². The lowest BCUT2D eigenvalue weighted by Gasteiger charge is -2.32. The van der Waals surface area contributed by atoms with Crippen molar-refractivity contribution in [3.05, 3.63) is 95.6 Å². The minimum Gasteiger partial charge on any atom is -0.486 e. The number of nitrogens with zero attached hydrogens (tertiary/aromatic N) is 3. The summed E-state index contributed by atoms with van der Waals surface area (Å²) in [6.07, 6.45) is 1.77. The highest BCUT2D eigenvalue weighted by atomic mass is 35.5. The first kappa shape index (κ1) is 22.1. The fourth-order valence-corrected chi connectivity index (χ4v) is 5.72. The molecule has 8 heteroatoms. The second-order valence-electron chi connectivity index (χ2n) is 8.43. The predicted molar refractivity (Wildman–Crippen MR) is 137 cm³/mol. The first-order valence-electron chi connectivity index (χ1n) is 11.4. The number of hydrogen-bond acceptors (Lipinski definition) is 5. The van der Waals surface area contributed by atoms with Crippen molar-refractivity contribution in [1.82, 2.24) is 14.7 Å². The van der Waals surface area contributed by atoms with E-state index >= 15 is 0 Å². The van der Waals surface area contributed by atoms with E-state index in [1.54, 1.807) is 11.8 Å². The number of thioether (sulfide) groups is 1. The fourth-order valence-electron chi connectivity index (χ4n) is 4.39. The third-order valence-electron chi connectivity index (χ3n) is 6.08. The third kappa shape index (κ3) is 4.37. The van der Waals surface area contributed by atoms with Crippen LogP contribution in [-0.2, 0) is 4.79 Å². The highest BCUT2D eigenvalue weighted by Gasteiger charge is 2.38. The second-order valence-corrected chi connectivity index (χ2v) is 9.93. The van der Waals surface area contributed by atoms with Gasteiger partial charge in [0.05, 0.1) is 23.7 Å². The van der Waals surface area contributed by atoms with Gasteiger partial charge in [0, 0.05) is 22.3 Å². The largest absolute Gasteiger partial charge is 0.486 e. The van der Waals surface area contributed by atoms with Gasteiger partial charge in [-0.15, -0.1) is 11.8 Å². The van der Waals surface area contributed by atoms with Crippen LogP contribution in [0.4, 0.5) is 0 Å². The van der Waals surface area contributed by atoms with Crippen LogP contribution < -0.4 is 9.47 Å². The van der Waals surface area contributed by atoms with Gasteiger partial charge in [0.25, 0.3) is 0 Å². The number of carbonyl (C=O) groups excluding carboxylic acids is 1. The third-order valence-corrected chi connectivity index (χ3v) is 7.57. The van der Waals surface area contributed by atoms with Crippen LogP contribution in [0.25, 0.3) is 16.9 Å².